The highest BCUT2D eigenvalue weighted by atomic mass is 35.5. The zero-order valence-electron chi connectivity index (χ0n) is 20.7. The quantitative estimate of drug-likeness (QED) is 0.283. The molecule has 0 radical (unpaired) electrons. The molecule has 38 heavy (non-hydrogen) atoms. The van der Waals surface area contributed by atoms with Crippen molar-refractivity contribution in [3.63, 3.8) is 0 Å². The van der Waals surface area contributed by atoms with Crippen molar-refractivity contribution in [2.45, 2.75) is 6.54 Å². The molecule has 0 aliphatic heterocycles. The van der Waals surface area contributed by atoms with Crippen LogP contribution in [-0.2, 0) is 20.8 Å². The van der Waals surface area contributed by atoms with E-state index >= 15 is 0 Å². The van der Waals surface area contributed by atoms with Gasteiger partial charge >= 0.3 is 11.9 Å². The van der Waals surface area contributed by atoms with E-state index in [2.05, 4.69) is 4.74 Å². The number of ketones is 1. The number of hydrogen-bond acceptors (Lipinski definition) is 8. The summed E-state index contributed by atoms with van der Waals surface area (Å²) in [6, 6.07) is 20.9. The molecule has 3 aromatic carbocycles. The average Bonchev–Trinajstić information content (AvgIpc) is 2.95. The molecular weight excluding hydrogens is 512 g/mol. The Balaban J connectivity index is 0.00000507. The largest absolute Gasteiger partial charge is 0.482 e. The summed E-state index contributed by atoms with van der Waals surface area (Å²) in [5, 5.41) is 9.03. The van der Waals surface area contributed by atoms with Crippen LogP contribution in [0.1, 0.15) is 42.2 Å². The van der Waals surface area contributed by atoms with Crippen LogP contribution >= 0.6 is 12.4 Å². The number of amides is 1. The van der Waals surface area contributed by atoms with Crippen molar-refractivity contribution < 1.29 is 33.4 Å². The SMILES string of the molecule is COC(=O)COc1ccc(C(=O)CN(Cc2ccc(C(=O)OC)cc2)C(=O)c2ccc(C#N)cc2)cc1.Cl. The number of carbonyl (C=O) groups excluding carboxylic acids is 4. The molecule has 3 aromatic rings. The van der Waals surface area contributed by atoms with Crippen LogP contribution in [0.25, 0.3) is 0 Å². The van der Waals surface area contributed by atoms with Gasteiger partial charge in [-0.3, -0.25) is 9.59 Å². The number of hydrogen-bond donors (Lipinski definition) is 0. The van der Waals surface area contributed by atoms with Crippen molar-refractivity contribution in [2.24, 2.45) is 0 Å². The molecule has 10 heteroatoms. The Morgan fingerprint density at radius 2 is 1.37 bits per heavy atom. The van der Waals surface area contributed by atoms with Crippen LogP contribution in [0.3, 0.4) is 0 Å². The second-order valence-corrected chi connectivity index (χ2v) is 7.85. The van der Waals surface area contributed by atoms with Crippen molar-refractivity contribution >= 4 is 36.0 Å². The van der Waals surface area contributed by atoms with E-state index in [1.807, 2.05) is 6.07 Å². The molecule has 0 bridgehead atoms. The van der Waals surface area contributed by atoms with Crippen LogP contribution in [0.4, 0.5) is 0 Å². The predicted molar refractivity (Wildman–Crippen MR) is 139 cm³/mol. The zero-order valence-corrected chi connectivity index (χ0v) is 21.5. The van der Waals surface area contributed by atoms with Gasteiger partial charge in [-0.1, -0.05) is 12.1 Å². The first-order valence-corrected chi connectivity index (χ1v) is 11.1. The van der Waals surface area contributed by atoms with Crippen molar-refractivity contribution in [3.05, 3.63) is 101 Å². The Bertz CT molecular complexity index is 1320. The molecule has 0 spiro atoms. The highest BCUT2D eigenvalue weighted by molar-refractivity contribution is 6.02. The minimum absolute atomic E-state index is 0. The fourth-order valence-electron chi connectivity index (χ4n) is 3.36. The van der Waals surface area contributed by atoms with Gasteiger partial charge in [-0.15, -0.1) is 12.4 Å². The first kappa shape index (κ1) is 29.5. The van der Waals surface area contributed by atoms with E-state index in [-0.39, 0.29) is 37.9 Å². The zero-order chi connectivity index (χ0) is 26.8. The molecule has 0 saturated carbocycles. The van der Waals surface area contributed by atoms with Crippen LogP contribution < -0.4 is 4.74 Å². The third kappa shape index (κ3) is 7.91. The summed E-state index contributed by atoms with van der Waals surface area (Å²) >= 11 is 0. The number of nitriles is 1. The number of nitrogens with zero attached hydrogens (tertiary/aromatic N) is 2. The molecule has 1 amide bonds. The van der Waals surface area contributed by atoms with Gasteiger partial charge in [0.1, 0.15) is 5.75 Å². The van der Waals surface area contributed by atoms with Gasteiger partial charge in [0.15, 0.2) is 12.4 Å². The number of esters is 2. The monoisotopic (exact) mass is 536 g/mol. The molecule has 0 atom stereocenters. The second-order valence-electron chi connectivity index (χ2n) is 7.85. The molecular formula is C28H25ClN2O7. The Morgan fingerprint density at radius 3 is 1.92 bits per heavy atom. The van der Waals surface area contributed by atoms with Gasteiger partial charge in [-0.25, -0.2) is 9.59 Å². The summed E-state index contributed by atoms with van der Waals surface area (Å²) in [6.45, 7) is -0.377. The fraction of sp³-hybridized carbons (Fsp3) is 0.179. The molecule has 0 aliphatic rings. The summed E-state index contributed by atoms with van der Waals surface area (Å²) < 4.78 is 14.5. The molecule has 196 valence electrons. The minimum Gasteiger partial charge on any atom is -0.482 e. The van der Waals surface area contributed by atoms with E-state index in [1.165, 1.54) is 43.4 Å². The Labute approximate surface area is 225 Å². The summed E-state index contributed by atoms with van der Waals surface area (Å²) in [7, 11) is 2.55. The maximum atomic E-state index is 13.3. The minimum atomic E-state index is -0.531. The Kier molecular flexibility index (Phi) is 11.0. The van der Waals surface area contributed by atoms with Gasteiger partial charge in [0, 0.05) is 17.7 Å². The number of Topliss-reactive ketones (excluding diaryl/α,β-unsaturated/α-hetero) is 1. The van der Waals surface area contributed by atoms with E-state index in [0.717, 1.165) is 0 Å². The number of halogens is 1. The van der Waals surface area contributed by atoms with Crippen LogP contribution in [0.2, 0.25) is 0 Å². The normalized spacial score (nSPS) is 9.82. The third-order valence-corrected chi connectivity index (χ3v) is 5.39. The maximum absolute atomic E-state index is 13.3. The van der Waals surface area contributed by atoms with Crippen LogP contribution in [0, 0.1) is 11.3 Å². The summed E-state index contributed by atoms with van der Waals surface area (Å²) in [6.07, 6.45) is 0. The number of carbonyl (C=O) groups is 4. The first-order chi connectivity index (χ1) is 17.8. The standard InChI is InChI=1S/C28H24N2O7.ClH/c1-35-26(32)18-37-24-13-11-21(12-14-24)25(31)17-30(27(33)22-7-3-19(15-29)4-8-22)16-20-5-9-23(10-6-20)28(34)36-2;/h3-14H,16-18H2,1-2H3;1H. The molecule has 9 nitrogen and oxygen atoms in total. The average molecular weight is 537 g/mol. The topological polar surface area (TPSA) is 123 Å². The first-order valence-electron chi connectivity index (χ1n) is 11.1. The smallest absolute Gasteiger partial charge is 0.343 e. The van der Waals surface area contributed by atoms with E-state index in [4.69, 9.17) is 14.7 Å². The molecule has 0 N–H and O–H groups in total. The predicted octanol–water partition coefficient (Wildman–Crippen LogP) is 3.84. The van der Waals surface area contributed by atoms with Crippen LogP contribution in [-0.4, -0.2) is 55.9 Å². The lowest BCUT2D eigenvalue weighted by Crippen LogP contribution is -2.35. The van der Waals surface area contributed by atoms with Gasteiger partial charge < -0.3 is 19.1 Å². The molecule has 0 aliphatic carbocycles. The number of methoxy groups -OCH3 is 2. The molecule has 0 aromatic heterocycles. The molecule has 0 fully saturated rings. The van der Waals surface area contributed by atoms with Crippen LogP contribution in [0.5, 0.6) is 5.75 Å². The summed E-state index contributed by atoms with van der Waals surface area (Å²) in [4.78, 5) is 50.7. The number of rotatable bonds is 10. The lowest BCUT2D eigenvalue weighted by molar-refractivity contribution is -0.142. The summed E-state index contributed by atoms with van der Waals surface area (Å²) in [5.74, 6) is -1.33. The Morgan fingerprint density at radius 1 is 0.789 bits per heavy atom. The molecule has 3 rings (SSSR count). The van der Waals surface area contributed by atoms with Gasteiger partial charge in [0.25, 0.3) is 5.91 Å². The van der Waals surface area contributed by atoms with Gasteiger partial charge in [-0.2, -0.15) is 5.26 Å². The number of benzene rings is 3. The van der Waals surface area contributed by atoms with Gasteiger partial charge in [-0.05, 0) is 66.2 Å². The van der Waals surface area contributed by atoms with Crippen molar-refractivity contribution in [3.8, 4) is 11.8 Å². The third-order valence-electron chi connectivity index (χ3n) is 5.39. The van der Waals surface area contributed by atoms with Crippen LogP contribution in [0.15, 0.2) is 72.8 Å². The van der Waals surface area contributed by atoms with E-state index in [0.29, 0.717) is 33.6 Å². The maximum Gasteiger partial charge on any atom is 0.343 e. The highest BCUT2D eigenvalue weighted by Gasteiger charge is 2.21. The fourth-order valence-corrected chi connectivity index (χ4v) is 3.36. The van der Waals surface area contributed by atoms with E-state index in [1.54, 1.807) is 48.5 Å². The van der Waals surface area contributed by atoms with Crippen molar-refractivity contribution in [1.29, 1.82) is 5.26 Å². The van der Waals surface area contributed by atoms with Gasteiger partial charge in [0.05, 0.1) is 38.0 Å². The number of ether oxygens (including phenoxy) is 3. The van der Waals surface area contributed by atoms with E-state index in [9.17, 15) is 19.2 Å². The second kappa shape index (κ2) is 14.2. The van der Waals surface area contributed by atoms with Crippen molar-refractivity contribution in [2.75, 3.05) is 27.4 Å². The summed E-state index contributed by atoms with van der Waals surface area (Å²) in [5.41, 5.74) is 2.15. The lowest BCUT2D eigenvalue weighted by atomic mass is 10.1. The highest BCUT2D eigenvalue weighted by Crippen LogP contribution is 2.16. The lowest BCUT2D eigenvalue weighted by Gasteiger charge is -2.22. The van der Waals surface area contributed by atoms with Crippen molar-refractivity contribution in [1.82, 2.24) is 4.90 Å². The molecule has 0 unspecified atom stereocenters. The molecule has 0 saturated heterocycles. The molecule has 0 heterocycles. The van der Waals surface area contributed by atoms with E-state index < -0.39 is 17.8 Å². The Hall–Kier alpha value is -4.68. The van der Waals surface area contributed by atoms with Gasteiger partial charge in [0.2, 0.25) is 0 Å².